The molecule has 68 heavy (non-hydrogen) atoms. The molecule has 0 aromatic rings. The van der Waals surface area contributed by atoms with Crippen LogP contribution in [0.2, 0.25) is 0 Å². The third kappa shape index (κ3) is 34.2. The van der Waals surface area contributed by atoms with Crippen LogP contribution >= 0.6 is 7.82 Å². The molecule has 13 nitrogen and oxygen atoms in total. The molecular formula is C54H104NO12P. The van der Waals surface area contributed by atoms with Gasteiger partial charge in [-0.1, -0.05) is 224 Å². The Bertz CT molecular complexity index is 1260. The van der Waals surface area contributed by atoms with Gasteiger partial charge < -0.3 is 46.0 Å². The van der Waals surface area contributed by atoms with Crippen molar-refractivity contribution in [2.45, 2.75) is 306 Å². The molecule has 0 heterocycles. The Kier molecular flexibility index (Phi) is 41.3. The van der Waals surface area contributed by atoms with Gasteiger partial charge in [0.1, 0.15) is 36.6 Å². The standard InChI is InChI=1S/C54H104NO12P/c1-3-5-7-8-9-10-11-12-13-14-15-16-17-18-19-20-21-22-23-24-25-26-27-28-29-30-31-32-33-34-35-36-37-38-40-41-45(56)43-48(58)55-46(47(57)42-39-6-4-2)44-66-68(64,65)67-54-52(62)50(60)49(59)51(61)53(54)63/h19-20,22-23,45-47,49-54,56-57,59-63H,3-18,21,24-44H2,1-2H3,(H,55,58)(H,64,65)/b20-19-,23-22-. The molecule has 8 unspecified atom stereocenters. The second-order valence-electron chi connectivity index (χ2n) is 20.0. The molecule has 0 aromatic heterocycles. The monoisotopic (exact) mass is 990 g/mol. The van der Waals surface area contributed by atoms with Gasteiger partial charge in [-0.15, -0.1) is 0 Å². The van der Waals surface area contributed by atoms with E-state index in [2.05, 4.69) is 36.5 Å². The van der Waals surface area contributed by atoms with Crippen LogP contribution in [-0.4, -0.2) is 108 Å². The van der Waals surface area contributed by atoms with E-state index in [4.69, 9.17) is 9.05 Å². The quantitative estimate of drug-likeness (QED) is 0.0158. The fraction of sp³-hybridized carbons (Fsp3) is 0.907. The van der Waals surface area contributed by atoms with Gasteiger partial charge in [-0.25, -0.2) is 4.57 Å². The highest BCUT2D eigenvalue weighted by Crippen LogP contribution is 2.47. The largest absolute Gasteiger partial charge is 0.472 e. The molecule has 402 valence electrons. The smallest absolute Gasteiger partial charge is 0.393 e. The second-order valence-corrected chi connectivity index (χ2v) is 21.4. The highest BCUT2D eigenvalue weighted by molar-refractivity contribution is 7.47. The number of hydrogen-bond donors (Lipinski definition) is 9. The first kappa shape index (κ1) is 64.8. The van der Waals surface area contributed by atoms with E-state index in [1.54, 1.807) is 0 Å². The van der Waals surface area contributed by atoms with Crippen LogP contribution < -0.4 is 5.32 Å². The summed E-state index contributed by atoms with van der Waals surface area (Å²) in [4.78, 5) is 23.2. The van der Waals surface area contributed by atoms with Gasteiger partial charge in [-0.3, -0.25) is 13.8 Å². The summed E-state index contributed by atoms with van der Waals surface area (Å²) in [6.45, 7) is 3.58. The fourth-order valence-corrected chi connectivity index (χ4v) is 10.0. The number of phosphoric ester groups is 1. The van der Waals surface area contributed by atoms with Crippen LogP contribution in [-0.2, 0) is 18.4 Å². The van der Waals surface area contributed by atoms with Crippen molar-refractivity contribution in [2.24, 2.45) is 0 Å². The van der Waals surface area contributed by atoms with Crippen molar-refractivity contribution in [3.05, 3.63) is 24.3 Å². The number of rotatable bonds is 47. The van der Waals surface area contributed by atoms with Crippen LogP contribution in [0.5, 0.6) is 0 Å². The Morgan fingerprint density at radius 1 is 0.515 bits per heavy atom. The van der Waals surface area contributed by atoms with Crippen molar-refractivity contribution in [3.8, 4) is 0 Å². The number of unbranched alkanes of at least 4 members (excludes halogenated alkanes) is 30. The summed E-state index contributed by atoms with van der Waals surface area (Å²) >= 11 is 0. The second kappa shape index (κ2) is 43.4. The number of carbonyl (C=O) groups is 1. The van der Waals surface area contributed by atoms with E-state index in [1.165, 1.54) is 167 Å². The Morgan fingerprint density at radius 2 is 0.868 bits per heavy atom. The topological polar surface area (TPSA) is 226 Å². The van der Waals surface area contributed by atoms with E-state index >= 15 is 0 Å². The van der Waals surface area contributed by atoms with Crippen LogP contribution in [0.4, 0.5) is 0 Å². The van der Waals surface area contributed by atoms with Crippen molar-refractivity contribution in [1.82, 2.24) is 5.32 Å². The van der Waals surface area contributed by atoms with E-state index in [9.17, 15) is 50.0 Å². The number of aliphatic hydroxyl groups excluding tert-OH is 7. The van der Waals surface area contributed by atoms with Gasteiger partial charge in [-0.2, -0.15) is 0 Å². The van der Waals surface area contributed by atoms with Gasteiger partial charge in [0.15, 0.2) is 0 Å². The van der Waals surface area contributed by atoms with Crippen molar-refractivity contribution in [3.63, 3.8) is 0 Å². The highest BCUT2D eigenvalue weighted by atomic mass is 31.2. The van der Waals surface area contributed by atoms with E-state index in [0.29, 0.717) is 12.8 Å². The maximum atomic E-state index is 12.9. The van der Waals surface area contributed by atoms with Gasteiger partial charge in [0, 0.05) is 0 Å². The Morgan fingerprint density at radius 3 is 1.29 bits per heavy atom. The number of carbonyl (C=O) groups excluding carboxylic acids is 1. The number of allylic oxidation sites excluding steroid dienone is 4. The SMILES string of the molecule is CCCCCCCCCCCCCCC/C=C\C/C=C\CCCCCCCCCCCCCCCCCC(O)CC(=O)NC(COP(=O)(O)OC1C(O)C(O)C(O)C(O)C1O)C(O)CCCCC. The average Bonchev–Trinajstić information content (AvgIpc) is 3.31. The first-order chi connectivity index (χ1) is 32.8. The van der Waals surface area contributed by atoms with Crippen molar-refractivity contribution >= 4 is 13.7 Å². The van der Waals surface area contributed by atoms with E-state index in [-0.39, 0.29) is 12.8 Å². The van der Waals surface area contributed by atoms with Crippen molar-refractivity contribution < 1.29 is 59.0 Å². The van der Waals surface area contributed by atoms with Gasteiger partial charge >= 0.3 is 7.82 Å². The van der Waals surface area contributed by atoms with Crippen LogP contribution in [0, 0.1) is 0 Å². The molecule has 0 radical (unpaired) electrons. The summed E-state index contributed by atoms with van der Waals surface area (Å²) in [5.74, 6) is -0.570. The lowest BCUT2D eigenvalue weighted by atomic mass is 9.85. The molecule has 0 saturated heterocycles. The number of phosphoric acid groups is 1. The summed E-state index contributed by atoms with van der Waals surface area (Å²) in [5, 5.41) is 73.9. The lowest BCUT2D eigenvalue weighted by Crippen LogP contribution is -2.64. The molecule has 1 rings (SSSR count). The van der Waals surface area contributed by atoms with E-state index in [1.807, 2.05) is 6.92 Å². The Hall–Kier alpha value is -1.22. The molecular weight excluding hydrogens is 886 g/mol. The highest BCUT2D eigenvalue weighted by Gasteiger charge is 2.51. The summed E-state index contributed by atoms with van der Waals surface area (Å²) in [6, 6.07) is -1.15. The normalized spacial score (nSPS) is 22.2. The van der Waals surface area contributed by atoms with Gasteiger partial charge in [0.05, 0.1) is 31.3 Å². The van der Waals surface area contributed by atoms with Crippen LogP contribution in [0.15, 0.2) is 24.3 Å². The first-order valence-electron chi connectivity index (χ1n) is 27.9. The maximum absolute atomic E-state index is 12.9. The molecule has 1 fully saturated rings. The number of amides is 1. The Balaban J connectivity index is 2.04. The molecule has 1 saturated carbocycles. The third-order valence-corrected chi connectivity index (χ3v) is 14.6. The minimum absolute atomic E-state index is 0.223. The van der Waals surface area contributed by atoms with Crippen LogP contribution in [0.25, 0.3) is 0 Å². The third-order valence-electron chi connectivity index (χ3n) is 13.6. The molecule has 1 aliphatic carbocycles. The molecule has 0 spiro atoms. The minimum atomic E-state index is -5.09. The molecule has 0 aliphatic heterocycles. The zero-order valence-electron chi connectivity index (χ0n) is 43.0. The van der Waals surface area contributed by atoms with E-state index in [0.717, 1.165) is 44.9 Å². The van der Waals surface area contributed by atoms with Gasteiger partial charge in [-0.05, 0) is 44.9 Å². The minimum Gasteiger partial charge on any atom is -0.393 e. The van der Waals surface area contributed by atoms with Crippen molar-refractivity contribution in [1.29, 1.82) is 0 Å². The first-order valence-corrected chi connectivity index (χ1v) is 29.4. The average molecular weight is 990 g/mol. The zero-order chi connectivity index (χ0) is 50.1. The number of nitrogens with one attached hydrogen (secondary N) is 1. The molecule has 14 heteroatoms. The summed E-state index contributed by atoms with van der Waals surface area (Å²) in [7, 11) is -5.09. The molecule has 9 N–H and O–H groups in total. The fourth-order valence-electron chi connectivity index (χ4n) is 9.04. The van der Waals surface area contributed by atoms with E-state index < -0.39 is 75.2 Å². The van der Waals surface area contributed by atoms with Gasteiger partial charge in [0.2, 0.25) is 5.91 Å². The zero-order valence-corrected chi connectivity index (χ0v) is 43.9. The lowest BCUT2D eigenvalue weighted by molar-refractivity contribution is -0.220. The predicted molar refractivity (Wildman–Crippen MR) is 275 cm³/mol. The summed E-state index contributed by atoms with van der Waals surface area (Å²) < 4.78 is 22.6. The number of aliphatic hydroxyl groups is 7. The lowest BCUT2D eigenvalue weighted by Gasteiger charge is -2.41. The number of hydrogen-bond acceptors (Lipinski definition) is 11. The predicted octanol–water partition coefficient (Wildman–Crippen LogP) is 11.1. The summed E-state index contributed by atoms with van der Waals surface area (Å²) in [6.07, 6.45) is 38.5. The maximum Gasteiger partial charge on any atom is 0.472 e. The molecule has 1 amide bonds. The molecule has 1 aliphatic rings. The Labute approximate surface area is 414 Å². The molecule has 8 atom stereocenters. The van der Waals surface area contributed by atoms with Crippen LogP contribution in [0.1, 0.15) is 251 Å². The van der Waals surface area contributed by atoms with Crippen molar-refractivity contribution in [2.75, 3.05) is 6.61 Å². The molecule has 0 bridgehead atoms. The summed E-state index contributed by atoms with van der Waals surface area (Å²) in [5.41, 5.74) is 0. The van der Waals surface area contributed by atoms with Crippen LogP contribution in [0.3, 0.4) is 0 Å². The molecule has 0 aromatic carbocycles. The van der Waals surface area contributed by atoms with Gasteiger partial charge in [0.25, 0.3) is 0 Å².